The summed E-state index contributed by atoms with van der Waals surface area (Å²) in [5.74, 6) is 0.854. The Balaban J connectivity index is 2.21. The van der Waals surface area contributed by atoms with Gasteiger partial charge in [0.15, 0.2) is 0 Å². The summed E-state index contributed by atoms with van der Waals surface area (Å²) < 4.78 is 5.98. The molecule has 2 aromatic rings. The highest BCUT2D eigenvalue weighted by atomic mass is 79.9. The number of nitrogens with zero attached hydrogens (tertiary/aromatic N) is 1. The van der Waals surface area contributed by atoms with E-state index in [1.807, 2.05) is 19.1 Å². The zero-order valence-electron chi connectivity index (χ0n) is 12.5. The van der Waals surface area contributed by atoms with Gasteiger partial charge in [0.25, 0.3) is 0 Å². The van der Waals surface area contributed by atoms with E-state index < -0.39 is 0 Å². The molecule has 0 aliphatic rings. The molecule has 0 radical (unpaired) electrons. The number of aromatic nitrogens is 1. The van der Waals surface area contributed by atoms with Crippen molar-refractivity contribution in [2.45, 2.75) is 39.6 Å². The molecule has 0 aliphatic heterocycles. The minimum atomic E-state index is 0.586. The molecular weight excluding hydrogens is 314 g/mol. The molecule has 106 valence electrons. The van der Waals surface area contributed by atoms with Crippen molar-refractivity contribution in [3.05, 3.63) is 57.9 Å². The summed E-state index contributed by atoms with van der Waals surface area (Å²) in [6.45, 7) is 8.97. The fourth-order valence-electron chi connectivity index (χ4n) is 2.41. The Morgan fingerprint density at radius 1 is 1.05 bits per heavy atom. The van der Waals surface area contributed by atoms with E-state index in [-0.39, 0.29) is 0 Å². The molecule has 0 atom stereocenters. The lowest BCUT2D eigenvalue weighted by atomic mass is 10.0. The predicted octanol–water partition coefficient (Wildman–Crippen LogP) is 4.79. The van der Waals surface area contributed by atoms with E-state index in [4.69, 9.17) is 4.74 Å². The van der Waals surface area contributed by atoms with Gasteiger partial charge in [0.1, 0.15) is 12.4 Å². The SMILES string of the molecule is Cc1cc(C)c(COc2ccc(C)nc2CBr)c(C)c1. The van der Waals surface area contributed by atoms with Gasteiger partial charge in [-0.1, -0.05) is 33.6 Å². The Morgan fingerprint density at radius 2 is 1.70 bits per heavy atom. The molecular formula is C17H20BrNO. The fraction of sp³-hybridized carbons (Fsp3) is 0.353. The lowest BCUT2D eigenvalue weighted by Gasteiger charge is -2.14. The number of alkyl halides is 1. The summed E-state index contributed by atoms with van der Waals surface area (Å²) in [5.41, 5.74) is 7.08. The molecule has 0 saturated heterocycles. The molecule has 0 fully saturated rings. The smallest absolute Gasteiger partial charge is 0.142 e. The lowest BCUT2D eigenvalue weighted by molar-refractivity contribution is 0.300. The van der Waals surface area contributed by atoms with E-state index in [2.05, 4.69) is 53.8 Å². The minimum absolute atomic E-state index is 0.586. The van der Waals surface area contributed by atoms with Crippen LogP contribution in [-0.4, -0.2) is 4.98 Å². The van der Waals surface area contributed by atoms with Gasteiger partial charge < -0.3 is 4.74 Å². The molecule has 1 aromatic carbocycles. The lowest BCUT2D eigenvalue weighted by Crippen LogP contribution is -2.04. The van der Waals surface area contributed by atoms with Gasteiger partial charge in [-0.15, -0.1) is 0 Å². The maximum Gasteiger partial charge on any atom is 0.142 e. The topological polar surface area (TPSA) is 22.1 Å². The normalized spacial score (nSPS) is 10.7. The molecule has 0 saturated carbocycles. The number of aryl methyl sites for hydroxylation is 4. The quantitative estimate of drug-likeness (QED) is 0.750. The number of ether oxygens (including phenoxy) is 1. The van der Waals surface area contributed by atoms with E-state index in [1.54, 1.807) is 0 Å². The van der Waals surface area contributed by atoms with Crippen LogP contribution in [0.5, 0.6) is 5.75 Å². The first kappa shape index (κ1) is 15.0. The van der Waals surface area contributed by atoms with Crippen LogP contribution in [0, 0.1) is 27.7 Å². The van der Waals surface area contributed by atoms with Crippen LogP contribution in [0.2, 0.25) is 0 Å². The highest BCUT2D eigenvalue weighted by Gasteiger charge is 2.08. The summed E-state index contributed by atoms with van der Waals surface area (Å²) in [6.07, 6.45) is 0. The number of pyridine rings is 1. The second kappa shape index (κ2) is 6.40. The van der Waals surface area contributed by atoms with Gasteiger partial charge in [0, 0.05) is 11.0 Å². The van der Waals surface area contributed by atoms with Gasteiger partial charge in [-0.25, -0.2) is 0 Å². The van der Waals surface area contributed by atoms with E-state index >= 15 is 0 Å². The maximum absolute atomic E-state index is 5.98. The summed E-state index contributed by atoms with van der Waals surface area (Å²) in [6, 6.07) is 8.38. The third-order valence-corrected chi connectivity index (χ3v) is 3.94. The molecule has 3 heteroatoms. The maximum atomic E-state index is 5.98. The van der Waals surface area contributed by atoms with Crippen LogP contribution in [0.1, 0.15) is 33.6 Å². The predicted molar refractivity (Wildman–Crippen MR) is 86.6 cm³/mol. The number of benzene rings is 1. The zero-order valence-corrected chi connectivity index (χ0v) is 14.0. The van der Waals surface area contributed by atoms with Crippen LogP contribution < -0.4 is 4.74 Å². The number of hydrogen-bond acceptors (Lipinski definition) is 2. The van der Waals surface area contributed by atoms with Crippen molar-refractivity contribution in [1.82, 2.24) is 4.98 Å². The van der Waals surface area contributed by atoms with E-state index in [0.717, 1.165) is 17.1 Å². The molecule has 0 N–H and O–H groups in total. The minimum Gasteiger partial charge on any atom is -0.487 e. The number of hydrogen-bond donors (Lipinski definition) is 0. The third kappa shape index (κ3) is 3.40. The Labute approximate surface area is 129 Å². The van der Waals surface area contributed by atoms with Crippen LogP contribution in [0.3, 0.4) is 0 Å². The van der Waals surface area contributed by atoms with Crippen molar-refractivity contribution in [1.29, 1.82) is 0 Å². The van der Waals surface area contributed by atoms with Crippen LogP contribution in [-0.2, 0) is 11.9 Å². The van der Waals surface area contributed by atoms with Crippen molar-refractivity contribution in [2.75, 3.05) is 0 Å². The third-order valence-electron chi connectivity index (χ3n) is 3.41. The van der Waals surface area contributed by atoms with Crippen molar-refractivity contribution >= 4 is 15.9 Å². The van der Waals surface area contributed by atoms with E-state index in [9.17, 15) is 0 Å². The summed E-state index contributed by atoms with van der Waals surface area (Å²) >= 11 is 3.46. The van der Waals surface area contributed by atoms with Gasteiger partial charge >= 0.3 is 0 Å². The molecule has 0 amide bonds. The summed E-state index contributed by atoms with van der Waals surface area (Å²) in [5, 5.41) is 0.704. The molecule has 0 spiro atoms. The molecule has 2 rings (SSSR count). The molecule has 0 unspecified atom stereocenters. The monoisotopic (exact) mass is 333 g/mol. The van der Waals surface area contributed by atoms with Crippen molar-refractivity contribution in [3.8, 4) is 5.75 Å². The molecule has 0 bridgehead atoms. The van der Waals surface area contributed by atoms with Crippen LogP contribution >= 0.6 is 15.9 Å². The highest BCUT2D eigenvalue weighted by molar-refractivity contribution is 9.08. The Hall–Kier alpha value is -1.35. The van der Waals surface area contributed by atoms with Gasteiger partial charge in [-0.05, 0) is 56.5 Å². The molecule has 0 aliphatic carbocycles. The standard InChI is InChI=1S/C17H20BrNO/c1-11-7-12(2)15(13(3)8-11)10-20-17-6-5-14(4)19-16(17)9-18/h5-8H,9-10H2,1-4H3. The summed E-state index contributed by atoms with van der Waals surface area (Å²) in [7, 11) is 0. The Morgan fingerprint density at radius 3 is 2.30 bits per heavy atom. The van der Waals surface area contributed by atoms with Crippen molar-refractivity contribution in [2.24, 2.45) is 0 Å². The second-order valence-electron chi connectivity index (χ2n) is 5.20. The first-order valence-electron chi connectivity index (χ1n) is 6.73. The Kier molecular flexibility index (Phi) is 4.81. The first-order chi connectivity index (χ1) is 9.51. The fourth-order valence-corrected chi connectivity index (χ4v) is 2.81. The molecule has 2 nitrogen and oxygen atoms in total. The van der Waals surface area contributed by atoms with Gasteiger partial charge in [-0.2, -0.15) is 0 Å². The molecule has 1 aromatic heterocycles. The highest BCUT2D eigenvalue weighted by Crippen LogP contribution is 2.23. The van der Waals surface area contributed by atoms with Gasteiger partial charge in [0.05, 0.1) is 5.69 Å². The van der Waals surface area contributed by atoms with Gasteiger partial charge in [-0.3, -0.25) is 4.98 Å². The number of rotatable bonds is 4. The zero-order chi connectivity index (χ0) is 14.7. The molecule has 1 heterocycles. The van der Waals surface area contributed by atoms with E-state index in [1.165, 1.54) is 22.3 Å². The van der Waals surface area contributed by atoms with Crippen molar-refractivity contribution < 1.29 is 4.74 Å². The van der Waals surface area contributed by atoms with E-state index in [0.29, 0.717) is 11.9 Å². The van der Waals surface area contributed by atoms with Crippen molar-refractivity contribution in [3.63, 3.8) is 0 Å². The van der Waals surface area contributed by atoms with Crippen LogP contribution in [0.15, 0.2) is 24.3 Å². The average Bonchev–Trinajstić information content (AvgIpc) is 2.38. The number of halogens is 1. The summed E-state index contributed by atoms with van der Waals surface area (Å²) in [4.78, 5) is 4.49. The molecule has 20 heavy (non-hydrogen) atoms. The van der Waals surface area contributed by atoms with Crippen LogP contribution in [0.25, 0.3) is 0 Å². The first-order valence-corrected chi connectivity index (χ1v) is 7.85. The van der Waals surface area contributed by atoms with Crippen LogP contribution in [0.4, 0.5) is 0 Å². The largest absolute Gasteiger partial charge is 0.487 e. The van der Waals surface area contributed by atoms with Gasteiger partial charge in [0.2, 0.25) is 0 Å². The Bertz CT molecular complexity index is 599. The average molecular weight is 334 g/mol. The second-order valence-corrected chi connectivity index (χ2v) is 5.76.